The maximum absolute atomic E-state index is 5.44. The Morgan fingerprint density at radius 2 is 1.62 bits per heavy atom. The quantitative estimate of drug-likeness (QED) is 0.840. The molecule has 0 spiro atoms. The number of benzene rings is 2. The highest BCUT2D eigenvalue weighted by Gasteiger charge is 2.17. The van der Waals surface area contributed by atoms with Crippen molar-refractivity contribution in [2.75, 3.05) is 20.8 Å². The highest BCUT2D eigenvalue weighted by atomic mass is 16.5. The van der Waals surface area contributed by atoms with Gasteiger partial charge in [-0.2, -0.15) is 0 Å². The fraction of sp³-hybridized carbons (Fsp3) is 0.333. The van der Waals surface area contributed by atoms with Crippen molar-refractivity contribution in [1.82, 2.24) is 5.32 Å². The molecule has 112 valence electrons. The van der Waals surface area contributed by atoms with E-state index in [0.29, 0.717) is 6.61 Å². The van der Waals surface area contributed by atoms with Gasteiger partial charge in [-0.05, 0) is 18.6 Å². The van der Waals surface area contributed by atoms with E-state index in [1.165, 1.54) is 5.56 Å². The van der Waals surface area contributed by atoms with Gasteiger partial charge >= 0.3 is 0 Å². The molecular formula is C18H23NO2. The molecule has 2 aromatic rings. The monoisotopic (exact) mass is 285 g/mol. The van der Waals surface area contributed by atoms with Gasteiger partial charge in [0, 0.05) is 18.7 Å². The van der Waals surface area contributed by atoms with Gasteiger partial charge in [-0.1, -0.05) is 48.5 Å². The predicted octanol–water partition coefficient (Wildman–Crippen LogP) is 3.73. The molecule has 2 aromatic carbocycles. The highest BCUT2D eigenvalue weighted by Crippen LogP contribution is 2.27. The Kier molecular flexibility index (Phi) is 5.78. The van der Waals surface area contributed by atoms with Gasteiger partial charge in [-0.3, -0.25) is 0 Å². The Morgan fingerprint density at radius 3 is 2.29 bits per heavy atom. The van der Waals surface area contributed by atoms with Gasteiger partial charge in [0.25, 0.3) is 0 Å². The van der Waals surface area contributed by atoms with Crippen molar-refractivity contribution < 1.29 is 9.47 Å². The lowest BCUT2D eigenvalue weighted by Gasteiger charge is -2.24. The van der Waals surface area contributed by atoms with Crippen LogP contribution in [0.25, 0.3) is 0 Å². The summed E-state index contributed by atoms with van der Waals surface area (Å²) in [4.78, 5) is 0. The lowest BCUT2D eigenvalue weighted by molar-refractivity contribution is 0.161. The molecule has 0 saturated carbocycles. The minimum atomic E-state index is 0.149. The van der Waals surface area contributed by atoms with Crippen molar-refractivity contribution in [1.29, 1.82) is 0 Å². The first kappa shape index (κ1) is 15.5. The molecule has 0 aliphatic rings. The van der Waals surface area contributed by atoms with Crippen LogP contribution < -0.4 is 10.1 Å². The van der Waals surface area contributed by atoms with E-state index in [9.17, 15) is 0 Å². The Hall–Kier alpha value is -1.84. The Labute approximate surface area is 126 Å². The number of nitrogens with one attached hydrogen (secondary N) is 1. The molecule has 0 heterocycles. The van der Waals surface area contributed by atoms with Crippen LogP contribution in [0.2, 0.25) is 0 Å². The standard InChI is InChI=1S/C18H23NO2/c1-14(16-11-7-8-12-18(16)21-3)19-17(13-20-2)15-9-5-4-6-10-15/h4-12,14,17,19H,13H2,1-3H3/t14-,17?/m1/s1. The minimum Gasteiger partial charge on any atom is -0.496 e. The second-order valence-corrected chi connectivity index (χ2v) is 5.05. The molecule has 2 atom stereocenters. The van der Waals surface area contributed by atoms with Crippen molar-refractivity contribution in [3.8, 4) is 5.75 Å². The van der Waals surface area contributed by atoms with E-state index >= 15 is 0 Å². The van der Waals surface area contributed by atoms with Crippen LogP contribution in [-0.4, -0.2) is 20.8 Å². The summed E-state index contributed by atoms with van der Waals surface area (Å²) in [5.74, 6) is 0.904. The van der Waals surface area contributed by atoms with Gasteiger partial charge in [0.1, 0.15) is 5.75 Å². The maximum Gasteiger partial charge on any atom is 0.123 e. The molecule has 21 heavy (non-hydrogen) atoms. The minimum absolute atomic E-state index is 0.149. The molecule has 3 nitrogen and oxygen atoms in total. The highest BCUT2D eigenvalue weighted by molar-refractivity contribution is 5.35. The average Bonchev–Trinajstić information content (AvgIpc) is 2.55. The summed E-state index contributed by atoms with van der Waals surface area (Å²) in [6, 6.07) is 18.8. The average molecular weight is 285 g/mol. The lowest BCUT2D eigenvalue weighted by Crippen LogP contribution is -2.28. The van der Waals surface area contributed by atoms with E-state index in [1.807, 2.05) is 36.4 Å². The van der Waals surface area contributed by atoms with Crippen molar-refractivity contribution in [2.45, 2.75) is 19.0 Å². The summed E-state index contributed by atoms with van der Waals surface area (Å²) in [5.41, 5.74) is 2.37. The van der Waals surface area contributed by atoms with E-state index in [1.54, 1.807) is 14.2 Å². The van der Waals surface area contributed by atoms with Gasteiger partial charge in [0.05, 0.1) is 19.8 Å². The van der Waals surface area contributed by atoms with E-state index in [4.69, 9.17) is 9.47 Å². The molecule has 1 unspecified atom stereocenters. The van der Waals surface area contributed by atoms with Crippen molar-refractivity contribution >= 4 is 0 Å². The van der Waals surface area contributed by atoms with Crippen LogP contribution in [-0.2, 0) is 4.74 Å². The maximum atomic E-state index is 5.44. The van der Waals surface area contributed by atoms with Crippen molar-refractivity contribution in [3.05, 3.63) is 65.7 Å². The van der Waals surface area contributed by atoms with Gasteiger partial charge in [-0.25, -0.2) is 0 Å². The number of ether oxygens (including phenoxy) is 2. The molecule has 0 radical (unpaired) electrons. The predicted molar refractivity (Wildman–Crippen MR) is 85.6 cm³/mol. The van der Waals surface area contributed by atoms with E-state index in [2.05, 4.69) is 30.4 Å². The van der Waals surface area contributed by atoms with Crippen LogP contribution in [0.5, 0.6) is 5.75 Å². The van der Waals surface area contributed by atoms with Gasteiger partial charge < -0.3 is 14.8 Å². The van der Waals surface area contributed by atoms with Gasteiger partial charge in [-0.15, -0.1) is 0 Å². The van der Waals surface area contributed by atoms with Crippen LogP contribution in [0.15, 0.2) is 54.6 Å². The number of para-hydroxylation sites is 1. The summed E-state index contributed by atoms with van der Waals surface area (Å²) >= 11 is 0. The molecule has 0 amide bonds. The first-order valence-corrected chi connectivity index (χ1v) is 7.19. The fourth-order valence-electron chi connectivity index (χ4n) is 2.51. The normalized spacial score (nSPS) is 13.7. The Balaban J connectivity index is 2.16. The second-order valence-electron chi connectivity index (χ2n) is 5.05. The first-order valence-electron chi connectivity index (χ1n) is 7.19. The fourth-order valence-corrected chi connectivity index (χ4v) is 2.51. The number of hydrogen-bond acceptors (Lipinski definition) is 3. The lowest BCUT2D eigenvalue weighted by atomic mass is 10.0. The first-order chi connectivity index (χ1) is 10.3. The van der Waals surface area contributed by atoms with Gasteiger partial charge in [0.15, 0.2) is 0 Å². The topological polar surface area (TPSA) is 30.5 Å². The van der Waals surface area contributed by atoms with Crippen LogP contribution >= 0.6 is 0 Å². The molecule has 0 aromatic heterocycles. The Bertz CT molecular complexity index is 542. The summed E-state index contributed by atoms with van der Waals surface area (Å²) in [5, 5.41) is 3.62. The zero-order chi connectivity index (χ0) is 15.1. The third kappa shape index (κ3) is 4.06. The summed E-state index contributed by atoms with van der Waals surface area (Å²) in [7, 11) is 3.43. The SMILES string of the molecule is COCC(N[C@H](C)c1ccccc1OC)c1ccccc1. The number of methoxy groups -OCH3 is 2. The molecule has 0 bridgehead atoms. The zero-order valence-electron chi connectivity index (χ0n) is 12.9. The van der Waals surface area contributed by atoms with Crippen LogP contribution in [0.1, 0.15) is 30.1 Å². The van der Waals surface area contributed by atoms with Crippen molar-refractivity contribution in [2.24, 2.45) is 0 Å². The molecular weight excluding hydrogens is 262 g/mol. The molecule has 0 aliphatic heterocycles. The summed E-state index contributed by atoms with van der Waals surface area (Å²) in [6.07, 6.45) is 0. The number of hydrogen-bond donors (Lipinski definition) is 1. The molecule has 0 aliphatic carbocycles. The second kappa shape index (κ2) is 7.81. The summed E-state index contributed by atoms with van der Waals surface area (Å²) < 4.78 is 10.8. The zero-order valence-corrected chi connectivity index (χ0v) is 12.9. The van der Waals surface area contributed by atoms with Gasteiger partial charge in [0.2, 0.25) is 0 Å². The van der Waals surface area contributed by atoms with Crippen LogP contribution in [0.3, 0.4) is 0 Å². The van der Waals surface area contributed by atoms with Crippen LogP contribution in [0, 0.1) is 0 Å². The third-order valence-electron chi connectivity index (χ3n) is 3.59. The molecule has 3 heteroatoms. The summed E-state index contributed by atoms with van der Waals surface area (Å²) in [6.45, 7) is 2.77. The molecule has 0 fully saturated rings. The third-order valence-corrected chi connectivity index (χ3v) is 3.59. The van der Waals surface area contributed by atoms with E-state index < -0.39 is 0 Å². The smallest absolute Gasteiger partial charge is 0.123 e. The largest absolute Gasteiger partial charge is 0.496 e. The van der Waals surface area contributed by atoms with Crippen molar-refractivity contribution in [3.63, 3.8) is 0 Å². The van der Waals surface area contributed by atoms with E-state index in [-0.39, 0.29) is 12.1 Å². The van der Waals surface area contributed by atoms with E-state index in [0.717, 1.165) is 11.3 Å². The number of rotatable bonds is 7. The molecule has 2 rings (SSSR count). The molecule has 1 N–H and O–H groups in total. The molecule has 0 saturated heterocycles. The Morgan fingerprint density at radius 1 is 0.952 bits per heavy atom. The van der Waals surface area contributed by atoms with Crippen LogP contribution in [0.4, 0.5) is 0 Å².